The second-order valence-electron chi connectivity index (χ2n) is 7.81. The molecule has 3 rings (SSSR count). The molecule has 0 aliphatic heterocycles. The summed E-state index contributed by atoms with van der Waals surface area (Å²) < 4.78 is 20.5. The van der Waals surface area contributed by atoms with Crippen LogP contribution < -0.4 is 10.1 Å². The van der Waals surface area contributed by atoms with Crippen molar-refractivity contribution in [2.75, 3.05) is 6.61 Å². The zero-order valence-electron chi connectivity index (χ0n) is 16.0. The Morgan fingerprint density at radius 3 is 2.63 bits per heavy atom. The molecule has 1 amide bonds. The zero-order chi connectivity index (χ0) is 19.6. The summed E-state index contributed by atoms with van der Waals surface area (Å²) in [6.45, 7) is 6.78. The van der Waals surface area contributed by atoms with Gasteiger partial charge in [0.1, 0.15) is 11.6 Å². The monoisotopic (exact) mass is 371 g/mol. The van der Waals surface area contributed by atoms with Gasteiger partial charge in [0.05, 0.1) is 12.6 Å². The molecule has 1 unspecified atom stereocenters. The maximum absolute atomic E-state index is 14.8. The number of fused-ring (bicyclic) bond motifs is 1. The Kier molecular flexibility index (Phi) is 5.40. The number of hydrogen-bond acceptors (Lipinski definition) is 2. The van der Waals surface area contributed by atoms with Crippen molar-refractivity contribution in [3.8, 4) is 16.9 Å². The molecule has 1 aliphatic rings. The molecular formula is C22H26FNO3. The average Bonchev–Trinajstić information content (AvgIpc) is 2.84. The van der Waals surface area contributed by atoms with Crippen LogP contribution in [0, 0.1) is 11.2 Å². The van der Waals surface area contributed by atoms with Crippen molar-refractivity contribution in [2.24, 2.45) is 5.41 Å². The van der Waals surface area contributed by atoms with Crippen molar-refractivity contribution in [3.63, 3.8) is 0 Å². The molecule has 1 aliphatic carbocycles. The van der Waals surface area contributed by atoms with E-state index < -0.39 is 12.1 Å². The molecule has 2 aromatic carbocycles. The van der Waals surface area contributed by atoms with Gasteiger partial charge < -0.3 is 15.2 Å². The summed E-state index contributed by atoms with van der Waals surface area (Å²) in [6.07, 6.45) is 1.68. The molecule has 2 N–H and O–H groups in total. The minimum Gasteiger partial charge on any atom is -0.494 e. The Balaban J connectivity index is 1.88. The highest BCUT2D eigenvalue weighted by molar-refractivity contribution is 5.69. The number of benzene rings is 2. The van der Waals surface area contributed by atoms with E-state index in [9.17, 15) is 9.18 Å². The molecule has 4 nitrogen and oxygen atoms in total. The van der Waals surface area contributed by atoms with Gasteiger partial charge in [0, 0.05) is 5.56 Å². The lowest BCUT2D eigenvalue weighted by Gasteiger charge is -2.27. The Bertz CT molecular complexity index is 830. The van der Waals surface area contributed by atoms with Crippen molar-refractivity contribution in [3.05, 3.63) is 53.3 Å². The molecule has 0 radical (unpaired) electrons. The summed E-state index contributed by atoms with van der Waals surface area (Å²) in [5.41, 5.74) is 2.72. The summed E-state index contributed by atoms with van der Waals surface area (Å²) in [4.78, 5) is 11.1. The van der Waals surface area contributed by atoms with E-state index in [2.05, 4.69) is 12.2 Å². The van der Waals surface area contributed by atoms with E-state index in [1.807, 2.05) is 44.2 Å². The van der Waals surface area contributed by atoms with Crippen molar-refractivity contribution in [1.82, 2.24) is 5.32 Å². The standard InChI is InChI=1S/C22H26FNO3/c1-4-5-10-27-16-8-6-14(7-9-16)17-11-15-13-22(2,3)20(24-21(25)26)18(15)12-19(17)23/h6-9,11-12,20,24H,4-5,10,13H2,1-3H3,(H,25,26). The highest BCUT2D eigenvalue weighted by Gasteiger charge is 2.40. The zero-order valence-corrected chi connectivity index (χ0v) is 16.0. The SMILES string of the molecule is CCCCOc1ccc(-c2cc3c(cc2F)C(NC(=O)O)C(C)(C)C3)cc1. The quantitative estimate of drug-likeness (QED) is 0.653. The van der Waals surface area contributed by atoms with Gasteiger partial charge in [0.15, 0.2) is 0 Å². The molecule has 1 atom stereocenters. The smallest absolute Gasteiger partial charge is 0.405 e. The van der Waals surface area contributed by atoms with Gasteiger partial charge in [-0.15, -0.1) is 0 Å². The van der Waals surface area contributed by atoms with Gasteiger partial charge in [-0.05, 0) is 59.2 Å². The third-order valence-corrected chi connectivity index (χ3v) is 5.17. The largest absolute Gasteiger partial charge is 0.494 e. The fraction of sp³-hybridized carbons (Fsp3) is 0.409. The van der Waals surface area contributed by atoms with E-state index in [4.69, 9.17) is 9.84 Å². The van der Waals surface area contributed by atoms with Crippen LogP contribution in [0.4, 0.5) is 9.18 Å². The molecule has 0 saturated carbocycles. The van der Waals surface area contributed by atoms with Crippen LogP contribution >= 0.6 is 0 Å². The Morgan fingerprint density at radius 1 is 1.30 bits per heavy atom. The van der Waals surface area contributed by atoms with Crippen LogP contribution in [0.15, 0.2) is 36.4 Å². The lowest BCUT2D eigenvalue weighted by Crippen LogP contribution is -2.34. The second kappa shape index (κ2) is 7.59. The minimum atomic E-state index is -1.09. The van der Waals surface area contributed by atoms with Crippen LogP contribution in [-0.4, -0.2) is 17.8 Å². The molecular weight excluding hydrogens is 345 g/mol. The second-order valence-corrected chi connectivity index (χ2v) is 7.81. The normalized spacial score (nSPS) is 17.4. The lowest BCUT2D eigenvalue weighted by molar-refractivity contribution is 0.175. The number of carbonyl (C=O) groups is 1. The van der Waals surface area contributed by atoms with Crippen molar-refractivity contribution in [2.45, 2.75) is 46.1 Å². The first-order chi connectivity index (χ1) is 12.8. The first-order valence-electron chi connectivity index (χ1n) is 9.37. The van der Waals surface area contributed by atoms with Crippen LogP contribution in [0.5, 0.6) is 5.75 Å². The first kappa shape index (κ1) is 19.2. The van der Waals surface area contributed by atoms with Gasteiger partial charge in [0.2, 0.25) is 0 Å². The Labute approximate surface area is 159 Å². The van der Waals surface area contributed by atoms with E-state index in [0.29, 0.717) is 18.6 Å². The molecule has 0 heterocycles. The maximum atomic E-state index is 14.8. The number of halogens is 1. The Hall–Kier alpha value is -2.56. The van der Waals surface area contributed by atoms with Crippen molar-refractivity contribution >= 4 is 6.09 Å². The molecule has 0 aromatic heterocycles. The summed E-state index contributed by atoms with van der Waals surface area (Å²) in [6, 6.07) is 10.3. The first-order valence-corrected chi connectivity index (χ1v) is 9.37. The summed E-state index contributed by atoms with van der Waals surface area (Å²) in [5, 5.41) is 11.7. The molecule has 27 heavy (non-hydrogen) atoms. The molecule has 144 valence electrons. The summed E-state index contributed by atoms with van der Waals surface area (Å²) in [5.74, 6) is 0.434. The van der Waals surface area contributed by atoms with Gasteiger partial charge in [0.25, 0.3) is 0 Å². The fourth-order valence-electron chi connectivity index (χ4n) is 3.75. The lowest BCUT2D eigenvalue weighted by atomic mass is 9.85. The molecule has 5 heteroatoms. The van der Waals surface area contributed by atoms with Crippen molar-refractivity contribution in [1.29, 1.82) is 0 Å². The van der Waals surface area contributed by atoms with Crippen LogP contribution in [0.25, 0.3) is 11.1 Å². The summed E-state index contributed by atoms with van der Waals surface area (Å²) in [7, 11) is 0. The third-order valence-electron chi connectivity index (χ3n) is 5.17. The predicted molar refractivity (Wildman–Crippen MR) is 104 cm³/mol. The number of ether oxygens (including phenoxy) is 1. The topological polar surface area (TPSA) is 58.6 Å². The van der Waals surface area contributed by atoms with Crippen molar-refractivity contribution < 1.29 is 19.0 Å². The maximum Gasteiger partial charge on any atom is 0.405 e. The third kappa shape index (κ3) is 4.07. The number of nitrogens with one attached hydrogen (secondary N) is 1. The number of unbranched alkanes of at least 4 members (excludes halogenated alkanes) is 1. The molecule has 0 saturated heterocycles. The van der Waals surface area contributed by atoms with Gasteiger partial charge in [-0.1, -0.05) is 39.3 Å². The average molecular weight is 371 g/mol. The highest BCUT2D eigenvalue weighted by atomic mass is 19.1. The van der Waals surface area contributed by atoms with Crippen LogP contribution in [0.1, 0.15) is 50.8 Å². The summed E-state index contributed by atoms with van der Waals surface area (Å²) >= 11 is 0. The number of carboxylic acid groups (broad SMARTS) is 1. The van der Waals surface area contributed by atoms with Gasteiger partial charge in [-0.25, -0.2) is 9.18 Å². The molecule has 0 bridgehead atoms. The fourth-order valence-corrected chi connectivity index (χ4v) is 3.75. The highest BCUT2D eigenvalue weighted by Crippen LogP contribution is 2.46. The van der Waals surface area contributed by atoms with Gasteiger partial charge in [-0.2, -0.15) is 0 Å². The van der Waals surface area contributed by atoms with E-state index in [0.717, 1.165) is 35.3 Å². The Morgan fingerprint density at radius 2 is 2.00 bits per heavy atom. The molecule has 0 fully saturated rings. The van der Waals surface area contributed by atoms with E-state index >= 15 is 0 Å². The van der Waals surface area contributed by atoms with E-state index in [-0.39, 0.29) is 11.2 Å². The van der Waals surface area contributed by atoms with Gasteiger partial charge in [-0.3, -0.25) is 0 Å². The van der Waals surface area contributed by atoms with Gasteiger partial charge >= 0.3 is 6.09 Å². The molecule has 2 aromatic rings. The minimum absolute atomic E-state index is 0.303. The number of hydrogen-bond donors (Lipinski definition) is 2. The molecule has 0 spiro atoms. The van der Waals surface area contributed by atoms with E-state index in [1.54, 1.807) is 0 Å². The number of rotatable bonds is 6. The van der Waals surface area contributed by atoms with Crippen LogP contribution in [-0.2, 0) is 6.42 Å². The number of amides is 1. The van der Waals surface area contributed by atoms with Crippen LogP contribution in [0.3, 0.4) is 0 Å². The van der Waals surface area contributed by atoms with Crippen LogP contribution in [0.2, 0.25) is 0 Å². The predicted octanol–water partition coefficient (Wildman–Crippen LogP) is 5.56. The van der Waals surface area contributed by atoms with E-state index in [1.165, 1.54) is 6.07 Å².